The predicted octanol–water partition coefficient (Wildman–Crippen LogP) is 1.02. The number of rotatable bonds is 0. The molecule has 0 aromatic rings. The van der Waals surface area contributed by atoms with Crippen molar-refractivity contribution in [1.82, 2.24) is 0 Å². The molecular formula is C7H12O2. The lowest BCUT2D eigenvalue weighted by atomic mass is 9.96. The first-order chi connectivity index (χ1) is 4.38. The van der Waals surface area contributed by atoms with Gasteiger partial charge in [-0.3, -0.25) is 0 Å². The first-order valence-electron chi connectivity index (χ1n) is 3.61. The molecule has 2 rings (SSSR count). The maximum Gasteiger partial charge on any atom is 0.160 e. The lowest BCUT2D eigenvalue weighted by molar-refractivity contribution is -0.0905. The third-order valence-corrected chi connectivity index (χ3v) is 2.34. The van der Waals surface area contributed by atoms with Gasteiger partial charge in [-0.1, -0.05) is 6.92 Å². The Kier molecular flexibility index (Phi) is 1.24. The Labute approximate surface area is 55.1 Å². The van der Waals surface area contributed by atoms with Gasteiger partial charge in [0.05, 0.1) is 13.2 Å². The quantitative estimate of drug-likeness (QED) is 0.485. The molecule has 0 N–H and O–H groups in total. The van der Waals surface area contributed by atoms with Crippen LogP contribution in [0.2, 0.25) is 0 Å². The van der Waals surface area contributed by atoms with Crippen LogP contribution < -0.4 is 0 Å². The summed E-state index contributed by atoms with van der Waals surface area (Å²) in [7, 11) is 0. The van der Waals surface area contributed by atoms with Crippen molar-refractivity contribution < 1.29 is 9.47 Å². The van der Waals surface area contributed by atoms with Crippen LogP contribution in [-0.2, 0) is 9.47 Å². The second-order valence-corrected chi connectivity index (χ2v) is 3.00. The van der Waals surface area contributed by atoms with Crippen molar-refractivity contribution in [2.75, 3.05) is 13.2 Å². The van der Waals surface area contributed by atoms with Crippen LogP contribution >= 0.6 is 0 Å². The zero-order valence-corrected chi connectivity index (χ0v) is 5.67. The predicted molar refractivity (Wildman–Crippen MR) is 33.0 cm³/mol. The summed E-state index contributed by atoms with van der Waals surface area (Å²) in [6.07, 6.45) is 1.35. The Balaban J connectivity index is 2.07. The minimum Gasteiger partial charge on any atom is -0.352 e. The van der Waals surface area contributed by atoms with Crippen molar-refractivity contribution in [2.45, 2.75) is 19.6 Å². The molecule has 2 heterocycles. The van der Waals surface area contributed by atoms with Crippen LogP contribution in [0.1, 0.15) is 13.3 Å². The normalized spacial score (nSPS) is 49.7. The van der Waals surface area contributed by atoms with E-state index in [4.69, 9.17) is 9.47 Å². The van der Waals surface area contributed by atoms with Gasteiger partial charge in [-0.2, -0.15) is 0 Å². The average Bonchev–Trinajstić information content (AvgIpc) is 2.35. The van der Waals surface area contributed by atoms with Crippen molar-refractivity contribution in [2.24, 2.45) is 11.8 Å². The van der Waals surface area contributed by atoms with E-state index in [-0.39, 0.29) is 6.29 Å². The molecule has 0 aromatic heterocycles. The Bertz CT molecular complexity index is 113. The molecule has 0 radical (unpaired) electrons. The Hall–Kier alpha value is -0.0800. The van der Waals surface area contributed by atoms with Crippen molar-refractivity contribution in [3.8, 4) is 0 Å². The summed E-state index contributed by atoms with van der Waals surface area (Å²) < 4.78 is 10.7. The van der Waals surface area contributed by atoms with Gasteiger partial charge in [0.25, 0.3) is 0 Å². The molecule has 52 valence electrons. The number of hydrogen-bond acceptors (Lipinski definition) is 2. The zero-order chi connectivity index (χ0) is 6.27. The highest BCUT2D eigenvalue weighted by Gasteiger charge is 2.38. The highest BCUT2D eigenvalue weighted by Crippen LogP contribution is 2.34. The van der Waals surface area contributed by atoms with Gasteiger partial charge in [0, 0.05) is 5.92 Å². The third-order valence-electron chi connectivity index (χ3n) is 2.34. The number of hydrogen-bond donors (Lipinski definition) is 0. The molecular weight excluding hydrogens is 116 g/mol. The van der Waals surface area contributed by atoms with E-state index in [2.05, 4.69) is 6.92 Å². The molecule has 2 unspecified atom stereocenters. The summed E-state index contributed by atoms with van der Waals surface area (Å²) in [5.41, 5.74) is 0. The number of fused-ring (bicyclic) bond motifs is 1. The fourth-order valence-electron chi connectivity index (χ4n) is 1.67. The molecule has 2 saturated heterocycles. The van der Waals surface area contributed by atoms with Gasteiger partial charge in [-0.15, -0.1) is 0 Å². The van der Waals surface area contributed by atoms with Crippen LogP contribution in [0.15, 0.2) is 0 Å². The van der Waals surface area contributed by atoms with Crippen LogP contribution in [0.5, 0.6) is 0 Å². The van der Waals surface area contributed by atoms with Crippen LogP contribution in [0.25, 0.3) is 0 Å². The molecule has 2 heteroatoms. The zero-order valence-electron chi connectivity index (χ0n) is 5.67. The minimum absolute atomic E-state index is 0.153. The van der Waals surface area contributed by atoms with E-state index in [1.54, 1.807) is 0 Å². The second-order valence-electron chi connectivity index (χ2n) is 3.00. The summed E-state index contributed by atoms with van der Waals surface area (Å²) in [5, 5.41) is 0. The highest BCUT2D eigenvalue weighted by atomic mass is 16.7. The summed E-state index contributed by atoms with van der Waals surface area (Å²) in [6.45, 7) is 4.04. The molecule has 0 bridgehead atoms. The summed E-state index contributed by atoms with van der Waals surface area (Å²) >= 11 is 0. The van der Waals surface area contributed by atoms with Gasteiger partial charge >= 0.3 is 0 Å². The van der Waals surface area contributed by atoms with Crippen molar-refractivity contribution in [1.29, 1.82) is 0 Å². The minimum atomic E-state index is 0.153. The topological polar surface area (TPSA) is 18.5 Å². The van der Waals surface area contributed by atoms with E-state index in [0.717, 1.165) is 19.1 Å². The Morgan fingerprint density at radius 1 is 1.33 bits per heavy atom. The van der Waals surface area contributed by atoms with Gasteiger partial charge in [0.15, 0.2) is 6.29 Å². The molecule has 0 aromatic carbocycles. The molecule has 0 amide bonds. The summed E-state index contributed by atoms with van der Waals surface area (Å²) in [5.74, 6) is 1.42. The first kappa shape index (κ1) is 5.69. The van der Waals surface area contributed by atoms with Crippen LogP contribution in [0.3, 0.4) is 0 Å². The molecule has 9 heavy (non-hydrogen) atoms. The van der Waals surface area contributed by atoms with Gasteiger partial charge in [-0.05, 0) is 12.3 Å². The lowest BCUT2D eigenvalue weighted by Gasteiger charge is -2.07. The highest BCUT2D eigenvalue weighted by molar-refractivity contribution is 4.79. The molecule has 0 saturated carbocycles. The first-order valence-corrected chi connectivity index (χ1v) is 3.61. The monoisotopic (exact) mass is 128 g/mol. The molecule has 2 aliphatic heterocycles. The van der Waals surface area contributed by atoms with E-state index in [0.29, 0.717) is 5.92 Å². The Morgan fingerprint density at radius 3 is 3.00 bits per heavy atom. The standard InChI is InChI=1S/C7H12O2/c1-5-4-9-7-6(5)2-3-8-7/h5-7H,2-4H2,1H3/t5-,6?,7?/m0/s1. The van der Waals surface area contributed by atoms with Crippen LogP contribution in [0.4, 0.5) is 0 Å². The maximum atomic E-state index is 5.37. The van der Waals surface area contributed by atoms with E-state index in [1.165, 1.54) is 6.42 Å². The molecule has 0 spiro atoms. The largest absolute Gasteiger partial charge is 0.352 e. The molecule has 3 atom stereocenters. The van der Waals surface area contributed by atoms with E-state index < -0.39 is 0 Å². The van der Waals surface area contributed by atoms with Crippen molar-refractivity contribution in [3.63, 3.8) is 0 Å². The van der Waals surface area contributed by atoms with E-state index in [9.17, 15) is 0 Å². The SMILES string of the molecule is C[C@H]1COC2OCCC21. The van der Waals surface area contributed by atoms with E-state index >= 15 is 0 Å². The van der Waals surface area contributed by atoms with Gasteiger partial charge in [-0.25, -0.2) is 0 Å². The van der Waals surface area contributed by atoms with Gasteiger partial charge < -0.3 is 9.47 Å². The fourth-order valence-corrected chi connectivity index (χ4v) is 1.67. The molecule has 2 fully saturated rings. The third kappa shape index (κ3) is 0.775. The van der Waals surface area contributed by atoms with Crippen molar-refractivity contribution >= 4 is 0 Å². The maximum absolute atomic E-state index is 5.37. The smallest absolute Gasteiger partial charge is 0.160 e. The fraction of sp³-hybridized carbons (Fsp3) is 1.00. The van der Waals surface area contributed by atoms with E-state index in [1.807, 2.05) is 0 Å². The molecule has 2 nitrogen and oxygen atoms in total. The van der Waals surface area contributed by atoms with Gasteiger partial charge in [0.2, 0.25) is 0 Å². The second kappa shape index (κ2) is 1.96. The van der Waals surface area contributed by atoms with Crippen LogP contribution in [-0.4, -0.2) is 19.5 Å². The van der Waals surface area contributed by atoms with Gasteiger partial charge in [0.1, 0.15) is 0 Å². The average molecular weight is 128 g/mol. The summed E-state index contributed by atoms with van der Waals surface area (Å²) in [6, 6.07) is 0. The molecule has 0 aliphatic carbocycles. The lowest BCUT2D eigenvalue weighted by Crippen LogP contribution is -2.12. The Morgan fingerprint density at radius 2 is 2.22 bits per heavy atom. The van der Waals surface area contributed by atoms with Crippen LogP contribution in [0, 0.1) is 11.8 Å². The molecule has 2 aliphatic rings. The van der Waals surface area contributed by atoms with Crippen molar-refractivity contribution in [3.05, 3.63) is 0 Å². The summed E-state index contributed by atoms with van der Waals surface area (Å²) in [4.78, 5) is 0. The number of ether oxygens (including phenoxy) is 2.